The Hall–Kier alpha value is -5.11. The van der Waals surface area contributed by atoms with Gasteiger partial charge in [-0.3, -0.25) is 19.6 Å². The van der Waals surface area contributed by atoms with Crippen LogP contribution >= 0.6 is 0 Å². The van der Waals surface area contributed by atoms with Gasteiger partial charge in [0.05, 0.1) is 25.5 Å². The highest BCUT2D eigenvalue weighted by Crippen LogP contribution is 2.40. The highest BCUT2D eigenvalue weighted by Gasteiger charge is 2.50. The largest absolute Gasteiger partial charge is 0.392 e. The van der Waals surface area contributed by atoms with Gasteiger partial charge >= 0.3 is 0 Å². The first-order valence-corrected chi connectivity index (χ1v) is 20.1. The van der Waals surface area contributed by atoms with Gasteiger partial charge in [0, 0.05) is 56.7 Å². The molecule has 3 fully saturated rings. The first-order chi connectivity index (χ1) is 27.8. The molecule has 3 heterocycles. The maximum absolute atomic E-state index is 13.3. The quantitative estimate of drug-likeness (QED) is 0.0566. The van der Waals surface area contributed by atoms with Gasteiger partial charge in [0.15, 0.2) is 6.29 Å². The molecule has 0 bridgehead atoms. The van der Waals surface area contributed by atoms with E-state index >= 15 is 0 Å². The third kappa shape index (κ3) is 9.89. The second-order valence-corrected chi connectivity index (χ2v) is 15.3. The van der Waals surface area contributed by atoms with E-state index in [4.69, 9.17) is 14.7 Å². The number of unbranched alkanes of at least 4 members (excludes halogenated alkanes) is 2. The molecule has 4 aromatic carbocycles. The van der Waals surface area contributed by atoms with Gasteiger partial charge < -0.3 is 35.0 Å². The van der Waals surface area contributed by atoms with E-state index in [1.807, 2.05) is 54.6 Å². The maximum Gasteiger partial charge on any atom is 0.247 e. The lowest BCUT2D eigenvalue weighted by Gasteiger charge is -2.45. The molecular weight excluding hydrogens is 723 g/mol. The minimum absolute atomic E-state index is 0.0171. The molecule has 4 aromatic rings. The van der Waals surface area contributed by atoms with Crippen LogP contribution in [0.15, 0.2) is 103 Å². The molecule has 0 radical (unpaired) electrons. The first-order valence-electron chi connectivity index (χ1n) is 20.1. The molecule has 0 aliphatic carbocycles. The molecule has 300 valence electrons. The van der Waals surface area contributed by atoms with Crippen molar-refractivity contribution in [2.75, 3.05) is 31.2 Å². The van der Waals surface area contributed by atoms with Crippen molar-refractivity contribution in [1.29, 1.82) is 0 Å². The van der Waals surface area contributed by atoms with Gasteiger partial charge in [0.1, 0.15) is 5.54 Å². The second kappa shape index (κ2) is 18.9. The lowest BCUT2D eigenvalue weighted by Crippen LogP contribution is -2.57. The molecule has 3 amide bonds. The van der Waals surface area contributed by atoms with Gasteiger partial charge in [-0.25, -0.2) is 5.48 Å². The first kappa shape index (κ1) is 40.1. The molecular formula is C45H53N5O7. The van der Waals surface area contributed by atoms with Gasteiger partial charge in [-0.2, -0.15) is 0 Å². The van der Waals surface area contributed by atoms with Crippen LogP contribution in [0, 0.1) is 0 Å². The van der Waals surface area contributed by atoms with E-state index in [-0.39, 0.29) is 37.0 Å². The molecule has 3 aliphatic rings. The SMILES string of the molecule is O=C(CCCCCC(=O)NCc1cccc(-c2ccc([C@@H]3O[C@H](CN4CCC5(CC4)C(=O)NCN5c4ccccc4)C[C@H](c4ccc(CO)cc4)O3)cc2)c1)NO. The minimum Gasteiger partial charge on any atom is -0.392 e. The number of hydroxylamine groups is 1. The average molecular weight is 776 g/mol. The van der Waals surface area contributed by atoms with Crippen molar-refractivity contribution in [3.63, 3.8) is 0 Å². The van der Waals surface area contributed by atoms with E-state index in [2.05, 4.69) is 69.0 Å². The van der Waals surface area contributed by atoms with Crippen LogP contribution in [-0.4, -0.2) is 70.9 Å². The van der Waals surface area contributed by atoms with Crippen molar-refractivity contribution in [3.05, 3.63) is 125 Å². The number of rotatable bonds is 15. The number of aliphatic hydroxyl groups is 1. The molecule has 1 spiro atoms. The van der Waals surface area contributed by atoms with Crippen molar-refractivity contribution in [3.8, 4) is 11.1 Å². The van der Waals surface area contributed by atoms with Gasteiger partial charge in [-0.15, -0.1) is 0 Å². The van der Waals surface area contributed by atoms with Crippen molar-refractivity contribution in [2.24, 2.45) is 0 Å². The number of piperidine rings is 1. The third-order valence-electron chi connectivity index (χ3n) is 11.5. The Balaban J connectivity index is 0.984. The average Bonchev–Trinajstić information content (AvgIpc) is 3.57. The normalized spacial score (nSPS) is 20.6. The van der Waals surface area contributed by atoms with E-state index in [1.165, 1.54) is 0 Å². The number of anilines is 1. The number of likely N-dealkylation sites (tertiary alicyclic amines) is 1. The topological polar surface area (TPSA) is 153 Å². The zero-order valence-electron chi connectivity index (χ0n) is 32.3. The summed E-state index contributed by atoms with van der Waals surface area (Å²) in [5.74, 6) is -0.344. The molecule has 3 saturated heterocycles. The van der Waals surface area contributed by atoms with E-state index in [9.17, 15) is 19.5 Å². The lowest BCUT2D eigenvalue weighted by molar-refractivity contribution is -0.253. The molecule has 0 unspecified atom stereocenters. The number of amides is 3. The van der Waals surface area contributed by atoms with Crippen LogP contribution in [-0.2, 0) is 37.0 Å². The summed E-state index contributed by atoms with van der Waals surface area (Å²) in [5.41, 5.74) is 8.00. The Morgan fingerprint density at radius 3 is 2.23 bits per heavy atom. The van der Waals surface area contributed by atoms with E-state index in [0.717, 1.165) is 78.0 Å². The van der Waals surface area contributed by atoms with Crippen LogP contribution in [0.2, 0.25) is 0 Å². The second-order valence-electron chi connectivity index (χ2n) is 15.3. The zero-order valence-corrected chi connectivity index (χ0v) is 32.3. The molecule has 5 N–H and O–H groups in total. The Kier molecular flexibility index (Phi) is 13.3. The Morgan fingerprint density at radius 1 is 0.789 bits per heavy atom. The van der Waals surface area contributed by atoms with Crippen LogP contribution in [0.4, 0.5) is 5.69 Å². The number of carbonyl (C=O) groups excluding carboxylic acids is 3. The van der Waals surface area contributed by atoms with Crippen molar-refractivity contribution in [2.45, 2.75) is 88.6 Å². The van der Waals surface area contributed by atoms with E-state index in [1.54, 1.807) is 5.48 Å². The fraction of sp³-hybridized carbons (Fsp3) is 0.400. The molecule has 12 nitrogen and oxygen atoms in total. The molecule has 0 aromatic heterocycles. The van der Waals surface area contributed by atoms with Crippen molar-refractivity contribution in [1.82, 2.24) is 21.0 Å². The number of para-hydroxylation sites is 1. The maximum atomic E-state index is 13.3. The summed E-state index contributed by atoms with van der Waals surface area (Å²) in [7, 11) is 0. The summed E-state index contributed by atoms with van der Waals surface area (Å²) in [6.07, 6.45) is 3.90. The van der Waals surface area contributed by atoms with Gasteiger partial charge in [0.2, 0.25) is 17.7 Å². The smallest absolute Gasteiger partial charge is 0.247 e. The molecule has 57 heavy (non-hydrogen) atoms. The number of ether oxygens (including phenoxy) is 2. The molecule has 7 rings (SSSR count). The predicted molar refractivity (Wildman–Crippen MR) is 215 cm³/mol. The number of hydrogen-bond acceptors (Lipinski definition) is 9. The summed E-state index contributed by atoms with van der Waals surface area (Å²) in [4.78, 5) is 41.5. The monoisotopic (exact) mass is 775 g/mol. The molecule has 3 atom stereocenters. The van der Waals surface area contributed by atoms with Crippen molar-refractivity contribution >= 4 is 23.4 Å². The molecule has 0 saturated carbocycles. The van der Waals surface area contributed by atoms with Crippen LogP contribution in [0.5, 0.6) is 0 Å². The summed E-state index contributed by atoms with van der Waals surface area (Å²) in [6.45, 7) is 3.20. The van der Waals surface area contributed by atoms with Crippen molar-refractivity contribution < 1.29 is 34.2 Å². The Morgan fingerprint density at radius 2 is 1.51 bits per heavy atom. The number of carbonyl (C=O) groups is 3. The summed E-state index contributed by atoms with van der Waals surface area (Å²) in [6, 6.07) is 34.5. The molecule has 12 heteroatoms. The minimum atomic E-state index is -0.584. The number of benzene rings is 4. The van der Waals surface area contributed by atoms with Crippen LogP contribution < -0.4 is 21.0 Å². The third-order valence-corrected chi connectivity index (χ3v) is 11.5. The van der Waals surface area contributed by atoms with E-state index in [0.29, 0.717) is 38.9 Å². The number of aliphatic hydroxyl groups excluding tert-OH is 1. The molecule has 3 aliphatic heterocycles. The highest BCUT2D eigenvalue weighted by atomic mass is 16.7. The Bertz CT molecular complexity index is 1950. The van der Waals surface area contributed by atoms with Crippen LogP contribution in [0.25, 0.3) is 11.1 Å². The standard InChI is InChI=1S/C45H53N5O7/c51-30-32-14-16-35(17-15-32)40-27-39(29-49-24-22-45(23-25-49)44(54)47-31-50(45)38-10-3-1-4-11-38)56-43(57-40)36-20-18-34(19-21-36)37-9-7-8-33(26-37)28-46-41(52)12-5-2-6-13-42(53)48-55/h1,3-4,7-11,14-21,26,39-40,43,51,55H,2,5-6,12-13,22-25,27-31H2,(H,46,52)(H,47,54)(H,48,53)/t39-,40+,43+/m0/s1. The van der Waals surface area contributed by atoms with Crippen LogP contribution in [0.1, 0.15) is 86.0 Å². The van der Waals surface area contributed by atoms with Gasteiger partial charge in [0.25, 0.3) is 0 Å². The van der Waals surface area contributed by atoms with Crippen LogP contribution in [0.3, 0.4) is 0 Å². The Labute approximate surface area is 334 Å². The highest BCUT2D eigenvalue weighted by molar-refractivity contribution is 5.93. The van der Waals surface area contributed by atoms with Gasteiger partial charge in [-0.05, 0) is 71.7 Å². The number of nitrogens with one attached hydrogen (secondary N) is 3. The number of hydrogen-bond donors (Lipinski definition) is 5. The lowest BCUT2D eigenvalue weighted by atomic mass is 9.85. The summed E-state index contributed by atoms with van der Waals surface area (Å²) in [5, 5.41) is 24.3. The number of nitrogens with zero attached hydrogens (tertiary/aromatic N) is 2. The fourth-order valence-electron chi connectivity index (χ4n) is 8.25. The summed E-state index contributed by atoms with van der Waals surface area (Å²) >= 11 is 0. The zero-order chi connectivity index (χ0) is 39.6. The fourth-order valence-corrected chi connectivity index (χ4v) is 8.25. The van der Waals surface area contributed by atoms with E-state index < -0.39 is 17.7 Å². The predicted octanol–water partition coefficient (Wildman–Crippen LogP) is 5.89. The van der Waals surface area contributed by atoms with Gasteiger partial charge in [-0.1, -0.05) is 91.3 Å². The summed E-state index contributed by atoms with van der Waals surface area (Å²) < 4.78 is 13.4.